The zero-order valence-electron chi connectivity index (χ0n) is 18.1. The van der Waals surface area contributed by atoms with Gasteiger partial charge in [0.2, 0.25) is 0 Å². The van der Waals surface area contributed by atoms with Gasteiger partial charge in [0.1, 0.15) is 23.6 Å². The number of benzene rings is 1. The van der Waals surface area contributed by atoms with Gasteiger partial charge in [-0.3, -0.25) is 4.79 Å². The molecule has 178 valence electrons. The summed E-state index contributed by atoms with van der Waals surface area (Å²) in [6.07, 6.45) is 1.35. The molecule has 0 saturated heterocycles. The number of hydrogen-bond acceptors (Lipinski definition) is 6. The van der Waals surface area contributed by atoms with Crippen LogP contribution < -0.4 is 4.74 Å². The van der Waals surface area contributed by atoms with Gasteiger partial charge in [0.05, 0.1) is 28.6 Å². The summed E-state index contributed by atoms with van der Waals surface area (Å²) in [4.78, 5) is 16.5. The molecule has 1 aliphatic rings. The third-order valence-corrected chi connectivity index (χ3v) is 6.65. The van der Waals surface area contributed by atoms with E-state index in [2.05, 4.69) is 10.1 Å². The molecule has 6 nitrogen and oxygen atoms in total. The summed E-state index contributed by atoms with van der Waals surface area (Å²) in [6.45, 7) is 2.01. The molecular formula is C24H21F3N2O4S. The van der Waals surface area contributed by atoms with Gasteiger partial charge < -0.3 is 14.4 Å². The highest BCUT2D eigenvalue weighted by molar-refractivity contribution is 7.12. The second-order valence-corrected chi connectivity index (χ2v) is 8.95. The number of carbonyl (C=O) groups is 1. The minimum absolute atomic E-state index is 0.0622. The molecule has 0 fully saturated rings. The second kappa shape index (κ2) is 9.84. The van der Waals surface area contributed by atoms with Crippen molar-refractivity contribution in [1.29, 1.82) is 0 Å². The molecule has 0 amide bonds. The van der Waals surface area contributed by atoms with Crippen LogP contribution in [0, 0.1) is 12.8 Å². The fraction of sp³-hybridized carbons (Fsp3) is 0.292. The normalized spacial score (nSPS) is 16.8. The van der Waals surface area contributed by atoms with Crippen molar-refractivity contribution in [2.75, 3.05) is 0 Å². The van der Waals surface area contributed by atoms with Crippen molar-refractivity contribution in [3.63, 3.8) is 0 Å². The molecule has 0 saturated carbocycles. The van der Waals surface area contributed by atoms with Crippen LogP contribution >= 0.6 is 11.3 Å². The maximum absolute atomic E-state index is 13.1. The monoisotopic (exact) mass is 490 g/mol. The molecule has 10 heteroatoms. The van der Waals surface area contributed by atoms with Crippen LogP contribution in [0.5, 0.6) is 5.75 Å². The zero-order valence-corrected chi connectivity index (χ0v) is 18.9. The number of allylic oxidation sites excluding steroid dienone is 4. The van der Waals surface area contributed by atoms with E-state index in [0.29, 0.717) is 27.7 Å². The van der Waals surface area contributed by atoms with Crippen LogP contribution in [-0.4, -0.2) is 27.4 Å². The molecule has 0 spiro atoms. The summed E-state index contributed by atoms with van der Waals surface area (Å²) in [7, 11) is 0. The third-order valence-electron chi connectivity index (χ3n) is 5.47. The Bertz CT molecular complexity index is 1200. The smallest absolute Gasteiger partial charge is 0.395 e. The van der Waals surface area contributed by atoms with Crippen LogP contribution in [0.1, 0.15) is 45.6 Å². The topological polar surface area (TPSA) is 85.5 Å². The van der Waals surface area contributed by atoms with E-state index in [1.54, 1.807) is 43.3 Å². The highest BCUT2D eigenvalue weighted by atomic mass is 32.1. The Labute approximate surface area is 197 Å². The van der Waals surface area contributed by atoms with Gasteiger partial charge in [-0.2, -0.15) is 13.2 Å². The highest BCUT2D eigenvalue weighted by Crippen LogP contribution is 2.37. The number of halogens is 3. The molecule has 1 N–H and O–H groups in total. The number of ether oxygens (including phenoxy) is 1. The van der Waals surface area contributed by atoms with Crippen molar-refractivity contribution < 1.29 is 32.3 Å². The van der Waals surface area contributed by atoms with Crippen molar-refractivity contribution in [2.24, 2.45) is 5.92 Å². The number of thiazole rings is 1. The van der Waals surface area contributed by atoms with Crippen molar-refractivity contribution in [3.8, 4) is 5.75 Å². The molecule has 1 unspecified atom stereocenters. The first kappa shape index (κ1) is 23.7. The quantitative estimate of drug-likeness (QED) is 0.408. The predicted octanol–water partition coefficient (Wildman–Crippen LogP) is 6.15. The number of aliphatic carboxylic acids is 1. The van der Waals surface area contributed by atoms with Gasteiger partial charge in [-0.05, 0) is 31.0 Å². The molecule has 2 atom stereocenters. The van der Waals surface area contributed by atoms with Crippen molar-refractivity contribution in [3.05, 3.63) is 81.7 Å². The van der Waals surface area contributed by atoms with Gasteiger partial charge in [0.15, 0.2) is 0 Å². The zero-order chi connectivity index (χ0) is 24.3. The Hall–Kier alpha value is -3.40. The van der Waals surface area contributed by atoms with Crippen LogP contribution in [0.25, 0.3) is 5.57 Å². The maximum atomic E-state index is 13.1. The van der Waals surface area contributed by atoms with E-state index in [1.807, 2.05) is 0 Å². The van der Waals surface area contributed by atoms with Crippen LogP contribution in [0.3, 0.4) is 0 Å². The Morgan fingerprint density at radius 1 is 1.29 bits per heavy atom. The number of hydrogen-bond donors (Lipinski definition) is 1. The van der Waals surface area contributed by atoms with E-state index in [4.69, 9.17) is 9.26 Å². The van der Waals surface area contributed by atoms with Gasteiger partial charge in [0.25, 0.3) is 0 Å². The maximum Gasteiger partial charge on any atom is 0.395 e. The summed E-state index contributed by atoms with van der Waals surface area (Å²) in [5.74, 6) is -2.33. The lowest BCUT2D eigenvalue weighted by atomic mass is 9.92. The molecule has 2 heterocycles. The fourth-order valence-corrected chi connectivity index (χ4v) is 4.63. The minimum atomic E-state index is -4.28. The van der Waals surface area contributed by atoms with E-state index >= 15 is 0 Å². The van der Waals surface area contributed by atoms with E-state index in [-0.39, 0.29) is 19.4 Å². The minimum Gasteiger partial charge on any atom is -0.488 e. The Morgan fingerprint density at radius 3 is 2.71 bits per heavy atom. The average molecular weight is 491 g/mol. The average Bonchev–Trinajstić information content (AvgIpc) is 3.46. The van der Waals surface area contributed by atoms with E-state index in [9.17, 15) is 23.1 Å². The largest absolute Gasteiger partial charge is 0.488 e. The number of carboxylic acid groups (broad SMARTS) is 1. The van der Waals surface area contributed by atoms with Gasteiger partial charge in [0, 0.05) is 17.6 Å². The molecule has 1 aliphatic carbocycles. The number of aryl methyl sites for hydroxylation is 1. The summed E-state index contributed by atoms with van der Waals surface area (Å²) in [5.41, 5.74) is 2.46. The molecule has 4 rings (SSSR count). The Kier molecular flexibility index (Phi) is 6.87. The first-order valence-corrected chi connectivity index (χ1v) is 11.3. The summed E-state index contributed by atoms with van der Waals surface area (Å²) < 4.78 is 50.0. The number of aromatic nitrogens is 2. The van der Waals surface area contributed by atoms with Crippen LogP contribution in [0.15, 0.2) is 59.3 Å². The second-order valence-electron chi connectivity index (χ2n) is 7.87. The lowest BCUT2D eigenvalue weighted by Gasteiger charge is -2.18. The molecule has 34 heavy (non-hydrogen) atoms. The SMILES string of the molecule is Cc1nc(C2=CC(C(F)(F)F)CC=C2)sc1COc1ccc([C@H](CC(=O)O)c2ccon2)cc1. The Morgan fingerprint density at radius 2 is 2.06 bits per heavy atom. The van der Waals surface area contributed by atoms with Crippen molar-refractivity contribution >= 4 is 22.9 Å². The first-order chi connectivity index (χ1) is 16.2. The first-order valence-electron chi connectivity index (χ1n) is 10.5. The van der Waals surface area contributed by atoms with Gasteiger partial charge in [-0.1, -0.05) is 35.5 Å². The summed E-state index contributed by atoms with van der Waals surface area (Å²) in [5, 5.41) is 13.6. The van der Waals surface area contributed by atoms with Gasteiger partial charge in [-0.15, -0.1) is 11.3 Å². The van der Waals surface area contributed by atoms with Gasteiger partial charge in [-0.25, -0.2) is 4.98 Å². The molecule has 1 aromatic carbocycles. The van der Waals surface area contributed by atoms with Crippen molar-refractivity contribution in [2.45, 2.75) is 38.5 Å². The molecule has 0 aliphatic heterocycles. The van der Waals surface area contributed by atoms with Crippen LogP contribution in [0.2, 0.25) is 0 Å². The van der Waals surface area contributed by atoms with E-state index < -0.39 is 24.0 Å². The number of alkyl halides is 3. The van der Waals surface area contributed by atoms with E-state index in [1.165, 1.54) is 29.8 Å². The van der Waals surface area contributed by atoms with Crippen LogP contribution in [-0.2, 0) is 11.4 Å². The highest BCUT2D eigenvalue weighted by Gasteiger charge is 2.38. The molecular weight excluding hydrogens is 469 g/mol. The number of nitrogens with zero attached hydrogens (tertiary/aromatic N) is 2. The molecule has 0 bridgehead atoms. The Balaban J connectivity index is 1.44. The lowest BCUT2D eigenvalue weighted by Crippen LogP contribution is -2.21. The van der Waals surface area contributed by atoms with Crippen molar-refractivity contribution in [1.82, 2.24) is 10.1 Å². The standard InChI is InChI=1S/C24H21F3N2O4S/c1-14-21(34-23(28-14)16-3-2-4-17(11-16)24(25,26)27)13-32-18-7-5-15(6-8-18)19(12-22(30)31)20-9-10-33-29-20/h2-3,5-11,17,19H,4,12-13H2,1H3,(H,30,31)/t17?,19-/m0/s1. The number of carboxylic acids is 1. The summed E-state index contributed by atoms with van der Waals surface area (Å²) in [6, 6.07) is 8.66. The number of rotatable bonds is 8. The molecule has 3 aromatic rings. The molecule has 0 radical (unpaired) electrons. The summed E-state index contributed by atoms with van der Waals surface area (Å²) >= 11 is 1.30. The third kappa shape index (κ3) is 5.56. The van der Waals surface area contributed by atoms with Crippen LogP contribution in [0.4, 0.5) is 13.2 Å². The predicted molar refractivity (Wildman–Crippen MR) is 120 cm³/mol. The fourth-order valence-electron chi connectivity index (χ4n) is 3.65. The lowest BCUT2D eigenvalue weighted by molar-refractivity contribution is -0.160. The van der Waals surface area contributed by atoms with E-state index in [0.717, 1.165) is 10.4 Å². The molecule has 2 aromatic heterocycles. The van der Waals surface area contributed by atoms with Gasteiger partial charge >= 0.3 is 12.1 Å².